The number of halogens is 2. The third-order valence-electron chi connectivity index (χ3n) is 1.65. The fourth-order valence-corrected chi connectivity index (χ4v) is 1.41. The van der Waals surface area contributed by atoms with Gasteiger partial charge in [-0.1, -0.05) is 15.9 Å². The maximum absolute atomic E-state index is 12.9. The molecular weight excluding hydrogens is 241 g/mol. The van der Waals surface area contributed by atoms with Crippen LogP contribution < -0.4 is 5.73 Å². The van der Waals surface area contributed by atoms with Crippen LogP contribution in [0.15, 0.2) is 16.6 Å². The van der Waals surface area contributed by atoms with Gasteiger partial charge in [-0.25, -0.2) is 4.39 Å². The molecule has 4 N–H and O–H groups in total. The van der Waals surface area contributed by atoms with Crippen molar-refractivity contribution >= 4 is 15.9 Å². The van der Waals surface area contributed by atoms with Crippen LogP contribution >= 0.6 is 15.9 Å². The van der Waals surface area contributed by atoms with E-state index < -0.39 is 17.6 Å². The number of hydrogen-bond donors (Lipinski definition) is 3. The van der Waals surface area contributed by atoms with Crippen LogP contribution in [-0.2, 0) is 0 Å². The number of phenolic OH excluding ortho intramolecular Hbond substituents is 1. The van der Waals surface area contributed by atoms with Gasteiger partial charge >= 0.3 is 0 Å². The summed E-state index contributed by atoms with van der Waals surface area (Å²) in [4.78, 5) is 0. The molecule has 1 aromatic rings. The molecule has 0 aliphatic rings. The van der Waals surface area contributed by atoms with Crippen molar-refractivity contribution in [2.75, 3.05) is 6.61 Å². The Morgan fingerprint density at radius 2 is 2.15 bits per heavy atom. The Balaban J connectivity index is 3.20. The van der Waals surface area contributed by atoms with Crippen molar-refractivity contribution in [3.05, 3.63) is 28.0 Å². The van der Waals surface area contributed by atoms with E-state index in [1.54, 1.807) is 0 Å². The van der Waals surface area contributed by atoms with E-state index in [0.29, 0.717) is 4.47 Å². The summed E-state index contributed by atoms with van der Waals surface area (Å²) in [5, 5.41) is 18.0. The minimum Gasteiger partial charge on any atom is -0.505 e. The molecular formula is C8H9BrFNO2. The molecule has 1 aromatic carbocycles. The molecule has 72 valence electrons. The lowest BCUT2D eigenvalue weighted by Crippen LogP contribution is -2.15. The largest absolute Gasteiger partial charge is 0.505 e. The van der Waals surface area contributed by atoms with E-state index in [1.807, 2.05) is 0 Å². The maximum atomic E-state index is 12.9. The minimum absolute atomic E-state index is 0.189. The van der Waals surface area contributed by atoms with Crippen LogP contribution in [0.1, 0.15) is 11.6 Å². The van der Waals surface area contributed by atoms with Crippen LogP contribution in [0.3, 0.4) is 0 Å². The Labute approximate surface area is 83.1 Å². The van der Waals surface area contributed by atoms with E-state index in [9.17, 15) is 9.50 Å². The summed E-state index contributed by atoms with van der Waals surface area (Å²) in [6.45, 7) is -0.344. The van der Waals surface area contributed by atoms with Gasteiger partial charge in [0.15, 0.2) is 11.6 Å². The molecule has 3 nitrogen and oxygen atoms in total. The maximum Gasteiger partial charge on any atom is 0.166 e. The fraction of sp³-hybridized carbons (Fsp3) is 0.250. The summed E-state index contributed by atoms with van der Waals surface area (Å²) < 4.78 is 13.4. The predicted octanol–water partition coefficient (Wildman–Crippen LogP) is 1.29. The van der Waals surface area contributed by atoms with Crippen LogP contribution in [0.4, 0.5) is 4.39 Å². The summed E-state index contributed by atoms with van der Waals surface area (Å²) in [6, 6.07) is 1.83. The Morgan fingerprint density at radius 3 is 2.69 bits per heavy atom. The summed E-state index contributed by atoms with van der Waals surface area (Å²) in [5.41, 5.74) is 5.62. The summed E-state index contributed by atoms with van der Waals surface area (Å²) in [7, 11) is 0. The molecule has 0 saturated heterocycles. The third kappa shape index (κ3) is 2.18. The first-order valence-corrected chi connectivity index (χ1v) is 4.40. The number of hydrogen-bond acceptors (Lipinski definition) is 3. The average Bonchev–Trinajstić information content (AvgIpc) is 2.10. The Bertz CT molecular complexity index is 319. The molecule has 1 rings (SSSR count). The normalized spacial score (nSPS) is 12.9. The van der Waals surface area contributed by atoms with Crippen molar-refractivity contribution in [3.63, 3.8) is 0 Å². The Morgan fingerprint density at radius 1 is 1.54 bits per heavy atom. The van der Waals surface area contributed by atoms with Crippen LogP contribution in [-0.4, -0.2) is 16.8 Å². The molecule has 0 saturated carbocycles. The predicted molar refractivity (Wildman–Crippen MR) is 49.8 cm³/mol. The number of nitrogens with two attached hydrogens (primary N) is 1. The van der Waals surface area contributed by atoms with E-state index in [-0.39, 0.29) is 12.2 Å². The summed E-state index contributed by atoms with van der Waals surface area (Å²) in [6.07, 6.45) is 0. The number of aromatic hydroxyl groups is 1. The first-order chi connectivity index (χ1) is 6.06. The highest BCUT2D eigenvalue weighted by molar-refractivity contribution is 9.10. The van der Waals surface area contributed by atoms with Gasteiger partial charge in [-0.05, 0) is 12.1 Å². The molecule has 1 unspecified atom stereocenters. The van der Waals surface area contributed by atoms with Gasteiger partial charge in [0.1, 0.15) is 0 Å². The van der Waals surface area contributed by atoms with E-state index in [0.717, 1.165) is 6.07 Å². The van der Waals surface area contributed by atoms with Gasteiger partial charge in [0.2, 0.25) is 0 Å². The third-order valence-corrected chi connectivity index (χ3v) is 2.11. The molecule has 0 bridgehead atoms. The van der Waals surface area contributed by atoms with Gasteiger partial charge in [0.25, 0.3) is 0 Å². The SMILES string of the molecule is NC(CO)c1cc(Br)cc(F)c1O. The van der Waals surface area contributed by atoms with Gasteiger partial charge in [-0.2, -0.15) is 0 Å². The van der Waals surface area contributed by atoms with Crippen molar-refractivity contribution in [2.45, 2.75) is 6.04 Å². The Kier molecular flexibility index (Phi) is 3.24. The highest BCUT2D eigenvalue weighted by Gasteiger charge is 2.14. The number of phenols is 1. The van der Waals surface area contributed by atoms with Gasteiger partial charge in [-0.15, -0.1) is 0 Å². The molecule has 0 aliphatic heterocycles. The number of rotatable bonds is 2. The van der Waals surface area contributed by atoms with Gasteiger partial charge in [0, 0.05) is 10.0 Å². The standard InChI is InChI=1S/C8H9BrFNO2/c9-4-1-5(7(11)3-12)8(13)6(10)2-4/h1-2,7,12-13H,3,11H2. The van der Waals surface area contributed by atoms with E-state index in [1.165, 1.54) is 6.07 Å². The van der Waals surface area contributed by atoms with E-state index in [4.69, 9.17) is 10.8 Å². The van der Waals surface area contributed by atoms with Gasteiger partial charge < -0.3 is 15.9 Å². The van der Waals surface area contributed by atoms with Crippen molar-refractivity contribution in [3.8, 4) is 5.75 Å². The zero-order valence-corrected chi connectivity index (χ0v) is 8.25. The molecule has 0 fully saturated rings. The number of aliphatic hydroxyl groups excluding tert-OH is 1. The van der Waals surface area contributed by atoms with Crippen LogP contribution in [0.2, 0.25) is 0 Å². The second-order valence-corrected chi connectivity index (χ2v) is 3.53. The van der Waals surface area contributed by atoms with E-state index >= 15 is 0 Å². The highest BCUT2D eigenvalue weighted by Crippen LogP contribution is 2.29. The zero-order valence-electron chi connectivity index (χ0n) is 6.67. The molecule has 0 amide bonds. The van der Waals surface area contributed by atoms with E-state index in [2.05, 4.69) is 15.9 Å². The molecule has 0 aromatic heterocycles. The monoisotopic (exact) mass is 249 g/mol. The number of aliphatic hydroxyl groups is 1. The molecule has 1 atom stereocenters. The molecule has 5 heteroatoms. The quantitative estimate of drug-likeness (QED) is 0.740. The zero-order chi connectivity index (χ0) is 10.0. The van der Waals surface area contributed by atoms with Crippen LogP contribution in [0.5, 0.6) is 5.75 Å². The van der Waals surface area contributed by atoms with Crippen LogP contribution in [0.25, 0.3) is 0 Å². The highest BCUT2D eigenvalue weighted by atomic mass is 79.9. The molecule has 0 heterocycles. The lowest BCUT2D eigenvalue weighted by Gasteiger charge is -2.11. The van der Waals surface area contributed by atoms with Crippen molar-refractivity contribution in [1.29, 1.82) is 0 Å². The lowest BCUT2D eigenvalue weighted by molar-refractivity contribution is 0.264. The average molecular weight is 250 g/mol. The number of benzene rings is 1. The first kappa shape index (κ1) is 10.4. The Hall–Kier alpha value is -0.650. The van der Waals surface area contributed by atoms with Crippen molar-refractivity contribution in [1.82, 2.24) is 0 Å². The molecule has 0 aliphatic carbocycles. The van der Waals surface area contributed by atoms with Crippen molar-refractivity contribution < 1.29 is 14.6 Å². The second kappa shape index (κ2) is 4.04. The summed E-state index contributed by atoms with van der Waals surface area (Å²) >= 11 is 3.06. The van der Waals surface area contributed by atoms with Crippen LogP contribution in [0, 0.1) is 5.82 Å². The van der Waals surface area contributed by atoms with Gasteiger partial charge in [0.05, 0.1) is 12.6 Å². The summed E-state index contributed by atoms with van der Waals surface area (Å²) in [5.74, 6) is -1.27. The van der Waals surface area contributed by atoms with Crippen molar-refractivity contribution in [2.24, 2.45) is 5.73 Å². The second-order valence-electron chi connectivity index (χ2n) is 2.61. The first-order valence-electron chi connectivity index (χ1n) is 3.60. The molecule has 0 radical (unpaired) electrons. The minimum atomic E-state index is -0.771. The smallest absolute Gasteiger partial charge is 0.166 e. The fourth-order valence-electron chi connectivity index (χ4n) is 0.967. The topological polar surface area (TPSA) is 66.5 Å². The van der Waals surface area contributed by atoms with Gasteiger partial charge in [-0.3, -0.25) is 0 Å². The lowest BCUT2D eigenvalue weighted by atomic mass is 10.1. The molecule has 13 heavy (non-hydrogen) atoms. The molecule has 0 spiro atoms.